The Morgan fingerprint density at radius 2 is 2.23 bits per heavy atom. The molecule has 7 heteroatoms. The summed E-state index contributed by atoms with van der Waals surface area (Å²) in [6.07, 6.45) is 2.33. The van der Waals surface area contributed by atoms with E-state index in [1.54, 1.807) is 0 Å². The minimum Gasteiger partial charge on any atom is -0.451 e. The molecule has 0 unspecified atom stereocenters. The molecule has 5 nitrogen and oxygen atoms in total. The second kappa shape index (κ2) is 5.17. The number of halogens is 1. The van der Waals surface area contributed by atoms with Crippen molar-refractivity contribution in [3.05, 3.63) is 39.0 Å². The Labute approximate surface area is 138 Å². The van der Waals surface area contributed by atoms with Gasteiger partial charge in [0.05, 0.1) is 0 Å². The fourth-order valence-electron chi connectivity index (χ4n) is 2.34. The maximum absolute atomic E-state index is 12.4. The van der Waals surface area contributed by atoms with Gasteiger partial charge in [0.2, 0.25) is 5.13 Å². The van der Waals surface area contributed by atoms with Gasteiger partial charge in [-0.25, -0.2) is 0 Å². The molecule has 112 valence electrons. The largest absolute Gasteiger partial charge is 0.451 e. The maximum Gasteiger partial charge on any atom is 0.293 e. The maximum atomic E-state index is 12.4. The fraction of sp³-hybridized carbons (Fsp3) is 0.267. The summed E-state index contributed by atoms with van der Waals surface area (Å²) in [6.45, 7) is 1.88. The molecular weight excluding hydrogens is 366 g/mol. The van der Waals surface area contributed by atoms with Gasteiger partial charge in [-0.3, -0.25) is 10.1 Å². The number of hydrogen-bond donors (Lipinski definition) is 1. The number of anilines is 1. The number of carbonyl (C=O) groups excluding carboxylic acids is 1. The van der Waals surface area contributed by atoms with E-state index < -0.39 is 0 Å². The number of rotatable bonds is 3. The van der Waals surface area contributed by atoms with Crippen LogP contribution < -0.4 is 5.32 Å². The van der Waals surface area contributed by atoms with Crippen LogP contribution >= 0.6 is 27.3 Å². The third kappa shape index (κ3) is 2.44. The SMILES string of the molecule is Cc1c(C(=O)Nc2nnc(C3CC3)s2)oc2ccc(Br)cc12. The Hall–Kier alpha value is -1.73. The molecule has 0 aliphatic heterocycles. The van der Waals surface area contributed by atoms with Gasteiger partial charge < -0.3 is 4.42 Å². The van der Waals surface area contributed by atoms with Gasteiger partial charge in [0.25, 0.3) is 5.91 Å². The van der Waals surface area contributed by atoms with Crippen molar-refractivity contribution in [2.24, 2.45) is 0 Å². The van der Waals surface area contributed by atoms with E-state index in [0.717, 1.165) is 20.4 Å². The van der Waals surface area contributed by atoms with Crippen molar-refractivity contribution in [1.82, 2.24) is 10.2 Å². The van der Waals surface area contributed by atoms with Crippen LogP contribution in [0.3, 0.4) is 0 Å². The van der Waals surface area contributed by atoms with Gasteiger partial charge in [-0.05, 0) is 38.0 Å². The molecule has 1 aliphatic carbocycles. The van der Waals surface area contributed by atoms with Crippen LogP contribution in [-0.4, -0.2) is 16.1 Å². The summed E-state index contributed by atoms with van der Waals surface area (Å²) in [5.41, 5.74) is 1.52. The van der Waals surface area contributed by atoms with E-state index in [0.29, 0.717) is 22.4 Å². The first-order valence-electron chi connectivity index (χ1n) is 6.95. The Morgan fingerprint density at radius 1 is 1.41 bits per heavy atom. The van der Waals surface area contributed by atoms with Gasteiger partial charge in [0, 0.05) is 21.3 Å². The lowest BCUT2D eigenvalue weighted by atomic mass is 10.1. The highest BCUT2D eigenvalue weighted by Crippen LogP contribution is 2.42. The number of aromatic nitrogens is 2. The number of furan rings is 1. The second-order valence-corrected chi connectivity index (χ2v) is 7.30. The molecule has 1 saturated carbocycles. The van der Waals surface area contributed by atoms with Gasteiger partial charge in [-0.1, -0.05) is 27.3 Å². The number of fused-ring (bicyclic) bond motifs is 1. The quantitative estimate of drug-likeness (QED) is 0.730. The van der Waals surface area contributed by atoms with Crippen LogP contribution in [0, 0.1) is 6.92 Å². The molecule has 2 heterocycles. The van der Waals surface area contributed by atoms with Crippen LogP contribution in [0.15, 0.2) is 27.1 Å². The van der Waals surface area contributed by atoms with E-state index >= 15 is 0 Å². The summed E-state index contributed by atoms with van der Waals surface area (Å²) in [7, 11) is 0. The van der Waals surface area contributed by atoms with Crippen molar-refractivity contribution in [2.75, 3.05) is 5.32 Å². The fourth-order valence-corrected chi connectivity index (χ4v) is 3.61. The molecule has 1 aliphatic rings. The molecular formula is C15H12BrN3O2S. The minimum atomic E-state index is -0.289. The van der Waals surface area contributed by atoms with Crippen molar-refractivity contribution in [2.45, 2.75) is 25.7 Å². The lowest BCUT2D eigenvalue weighted by Crippen LogP contribution is -2.11. The molecule has 2 aromatic heterocycles. The Morgan fingerprint density at radius 3 is 3.00 bits per heavy atom. The smallest absolute Gasteiger partial charge is 0.293 e. The standard InChI is InChI=1S/C15H12BrN3O2S/c1-7-10-6-9(16)4-5-11(10)21-12(7)13(20)17-15-19-18-14(22-15)8-2-3-8/h4-6,8H,2-3H2,1H3,(H,17,19,20). The Bertz CT molecular complexity index is 882. The van der Waals surface area contributed by atoms with Crippen molar-refractivity contribution >= 4 is 49.3 Å². The number of nitrogens with zero attached hydrogens (tertiary/aromatic N) is 2. The van der Waals surface area contributed by atoms with Crippen molar-refractivity contribution in [3.63, 3.8) is 0 Å². The first-order chi connectivity index (χ1) is 10.6. The minimum absolute atomic E-state index is 0.289. The van der Waals surface area contributed by atoms with E-state index in [4.69, 9.17) is 4.42 Å². The lowest BCUT2D eigenvalue weighted by Gasteiger charge is -1.98. The van der Waals surface area contributed by atoms with Crippen molar-refractivity contribution in [1.29, 1.82) is 0 Å². The highest BCUT2D eigenvalue weighted by Gasteiger charge is 2.28. The monoisotopic (exact) mass is 377 g/mol. The highest BCUT2D eigenvalue weighted by molar-refractivity contribution is 9.10. The molecule has 1 amide bonds. The van der Waals surface area contributed by atoms with Crippen LogP contribution in [0.25, 0.3) is 11.0 Å². The molecule has 22 heavy (non-hydrogen) atoms. The zero-order valence-corrected chi connectivity index (χ0v) is 14.1. The summed E-state index contributed by atoms with van der Waals surface area (Å²) >= 11 is 4.87. The molecule has 4 rings (SSSR count). The third-order valence-corrected chi connectivity index (χ3v) is 5.19. The van der Waals surface area contributed by atoms with Crippen LogP contribution in [0.1, 0.15) is 39.9 Å². The molecule has 3 aromatic rings. The summed E-state index contributed by atoms with van der Waals surface area (Å²) in [5.74, 6) is 0.563. The summed E-state index contributed by atoms with van der Waals surface area (Å²) < 4.78 is 6.63. The Kier molecular flexibility index (Phi) is 3.27. The topological polar surface area (TPSA) is 68.0 Å². The second-order valence-electron chi connectivity index (χ2n) is 5.37. The molecule has 1 N–H and O–H groups in total. The van der Waals surface area contributed by atoms with Crippen molar-refractivity contribution in [3.8, 4) is 0 Å². The van der Waals surface area contributed by atoms with Gasteiger partial charge in [0.15, 0.2) is 5.76 Å². The van der Waals surface area contributed by atoms with E-state index in [-0.39, 0.29) is 5.91 Å². The molecule has 1 fully saturated rings. The summed E-state index contributed by atoms with van der Waals surface area (Å²) in [5, 5.41) is 13.4. The zero-order chi connectivity index (χ0) is 15.3. The van der Waals surface area contributed by atoms with E-state index in [1.165, 1.54) is 24.2 Å². The number of nitrogens with one attached hydrogen (secondary N) is 1. The van der Waals surface area contributed by atoms with Gasteiger partial charge >= 0.3 is 0 Å². The van der Waals surface area contributed by atoms with E-state index in [1.807, 2.05) is 25.1 Å². The molecule has 1 aromatic carbocycles. The lowest BCUT2D eigenvalue weighted by molar-refractivity contribution is 0.0998. The van der Waals surface area contributed by atoms with Crippen LogP contribution in [0.5, 0.6) is 0 Å². The Balaban J connectivity index is 1.62. The van der Waals surface area contributed by atoms with Gasteiger partial charge in [-0.2, -0.15) is 0 Å². The molecule has 0 atom stereocenters. The first-order valence-corrected chi connectivity index (χ1v) is 8.56. The highest BCUT2D eigenvalue weighted by atomic mass is 79.9. The van der Waals surface area contributed by atoms with Gasteiger partial charge in [0.1, 0.15) is 10.6 Å². The number of amides is 1. The van der Waals surface area contributed by atoms with E-state index in [2.05, 4.69) is 31.4 Å². The average Bonchev–Trinajstić information content (AvgIpc) is 3.17. The third-order valence-electron chi connectivity index (χ3n) is 3.69. The molecule has 0 radical (unpaired) electrons. The van der Waals surface area contributed by atoms with E-state index in [9.17, 15) is 4.79 Å². The normalized spacial score (nSPS) is 14.5. The predicted molar refractivity (Wildman–Crippen MR) is 88.5 cm³/mol. The number of aryl methyl sites for hydroxylation is 1. The predicted octanol–water partition coefficient (Wildman–Crippen LogP) is 4.48. The molecule has 0 bridgehead atoms. The number of benzene rings is 1. The number of hydrogen-bond acceptors (Lipinski definition) is 5. The van der Waals surface area contributed by atoms with Crippen LogP contribution in [-0.2, 0) is 0 Å². The number of carbonyl (C=O) groups is 1. The zero-order valence-electron chi connectivity index (χ0n) is 11.7. The summed E-state index contributed by atoms with van der Waals surface area (Å²) in [4.78, 5) is 12.4. The van der Waals surface area contributed by atoms with Gasteiger partial charge in [-0.15, -0.1) is 10.2 Å². The molecule has 0 saturated heterocycles. The average molecular weight is 378 g/mol. The summed E-state index contributed by atoms with van der Waals surface area (Å²) in [6, 6.07) is 5.68. The first kappa shape index (κ1) is 13.9. The van der Waals surface area contributed by atoms with Crippen molar-refractivity contribution < 1.29 is 9.21 Å². The molecule has 0 spiro atoms. The van der Waals surface area contributed by atoms with Crippen LogP contribution in [0.2, 0.25) is 0 Å². The van der Waals surface area contributed by atoms with Crippen LogP contribution in [0.4, 0.5) is 5.13 Å².